The van der Waals surface area contributed by atoms with Crippen molar-refractivity contribution < 1.29 is 31.5 Å². The number of carbonyl (C=O) groups is 2. The van der Waals surface area contributed by atoms with Crippen LogP contribution in [0.4, 0.5) is 0 Å². The fraction of sp³-hybridized carbons (Fsp3) is 0.143. The molecule has 0 aliphatic rings. The Labute approximate surface area is 127 Å². The van der Waals surface area contributed by atoms with Crippen molar-refractivity contribution in [1.82, 2.24) is 0 Å². The predicted molar refractivity (Wildman–Crippen MR) is 77.8 cm³/mol. The molecule has 0 radical (unpaired) electrons. The molecule has 118 valence electrons. The Kier molecular flexibility index (Phi) is 6.02. The van der Waals surface area contributed by atoms with E-state index < -0.39 is 22.3 Å². The summed E-state index contributed by atoms with van der Waals surface area (Å²) in [7, 11) is -4.99. The fourth-order valence-electron chi connectivity index (χ4n) is 1.68. The van der Waals surface area contributed by atoms with Gasteiger partial charge in [0.1, 0.15) is 6.61 Å². The highest BCUT2D eigenvalue weighted by Gasteiger charge is 2.25. The van der Waals surface area contributed by atoms with Crippen LogP contribution in [0.3, 0.4) is 0 Å². The van der Waals surface area contributed by atoms with Gasteiger partial charge in [-0.25, -0.2) is 9.59 Å². The molecule has 0 spiro atoms. The van der Waals surface area contributed by atoms with E-state index in [2.05, 4.69) is 17.3 Å². The van der Waals surface area contributed by atoms with Gasteiger partial charge >= 0.3 is 22.3 Å². The van der Waals surface area contributed by atoms with Crippen LogP contribution in [0.1, 0.15) is 26.3 Å². The summed E-state index contributed by atoms with van der Waals surface area (Å²) >= 11 is 0. The minimum Gasteiger partial charge on any atom is -0.458 e. The standard InChI is InChI=1S/C14H14O7S/c1-3-6-10-7-5-8-11(13(15)21-22(17,18)19)12(10)14(16)20-9-4-2/h3-5,7-8H,1-2,6,9H2,(H,17,18,19). The molecule has 0 aliphatic heterocycles. The number of hydrogen-bond acceptors (Lipinski definition) is 6. The van der Waals surface area contributed by atoms with Gasteiger partial charge in [-0.15, -0.1) is 6.58 Å². The van der Waals surface area contributed by atoms with Crippen LogP contribution in [0.2, 0.25) is 0 Å². The molecular weight excluding hydrogens is 312 g/mol. The van der Waals surface area contributed by atoms with Crippen molar-refractivity contribution in [2.24, 2.45) is 0 Å². The predicted octanol–water partition coefficient (Wildman–Crippen LogP) is 1.72. The molecule has 1 N–H and O–H groups in total. The highest BCUT2D eigenvalue weighted by atomic mass is 32.3. The van der Waals surface area contributed by atoms with Crippen LogP contribution in [0, 0.1) is 0 Å². The quantitative estimate of drug-likeness (QED) is 0.462. The van der Waals surface area contributed by atoms with Crippen LogP contribution in [0.25, 0.3) is 0 Å². The molecule has 1 aromatic carbocycles. The van der Waals surface area contributed by atoms with Gasteiger partial charge in [-0.3, -0.25) is 4.55 Å². The normalized spacial score (nSPS) is 10.6. The van der Waals surface area contributed by atoms with E-state index >= 15 is 0 Å². The van der Waals surface area contributed by atoms with E-state index in [1.54, 1.807) is 6.07 Å². The van der Waals surface area contributed by atoms with E-state index in [9.17, 15) is 18.0 Å². The zero-order chi connectivity index (χ0) is 16.8. The lowest BCUT2D eigenvalue weighted by Gasteiger charge is -2.11. The fourth-order valence-corrected chi connectivity index (χ4v) is 1.97. The lowest BCUT2D eigenvalue weighted by molar-refractivity contribution is 0.0537. The topological polar surface area (TPSA) is 107 Å². The van der Waals surface area contributed by atoms with Gasteiger partial charge < -0.3 is 8.92 Å². The van der Waals surface area contributed by atoms with E-state index in [4.69, 9.17) is 9.29 Å². The van der Waals surface area contributed by atoms with Crippen molar-refractivity contribution in [1.29, 1.82) is 0 Å². The molecule has 0 saturated carbocycles. The molecule has 7 nitrogen and oxygen atoms in total. The van der Waals surface area contributed by atoms with Gasteiger partial charge in [-0.05, 0) is 18.1 Å². The summed E-state index contributed by atoms with van der Waals surface area (Å²) in [5, 5.41) is 0. The largest absolute Gasteiger partial charge is 0.458 e. The van der Waals surface area contributed by atoms with E-state index in [1.807, 2.05) is 0 Å². The van der Waals surface area contributed by atoms with E-state index in [0.717, 1.165) is 0 Å². The number of hydrogen-bond donors (Lipinski definition) is 1. The second-order valence-electron chi connectivity index (χ2n) is 4.02. The summed E-state index contributed by atoms with van der Waals surface area (Å²) in [6.45, 7) is 6.84. The molecule has 0 unspecified atom stereocenters. The van der Waals surface area contributed by atoms with E-state index in [1.165, 1.54) is 24.3 Å². The molecule has 0 aliphatic carbocycles. The average Bonchev–Trinajstić information content (AvgIpc) is 2.43. The summed E-state index contributed by atoms with van der Waals surface area (Å²) in [5.41, 5.74) is -0.0993. The van der Waals surface area contributed by atoms with Gasteiger partial charge in [-0.1, -0.05) is 30.9 Å². The molecule has 0 saturated heterocycles. The Morgan fingerprint density at radius 2 is 1.86 bits per heavy atom. The molecule has 0 bridgehead atoms. The Morgan fingerprint density at radius 1 is 1.18 bits per heavy atom. The first-order valence-electron chi connectivity index (χ1n) is 6.02. The minimum absolute atomic E-state index is 0.0892. The molecule has 0 aromatic heterocycles. The molecule has 8 heteroatoms. The average molecular weight is 326 g/mol. The van der Waals surface area contributed by atoms with E-state index in [0.29, 0.717) is 5.56 Å². The first-order valence-corrected chi connectivity index (χ1v) is 7.38. The summed E-state index contributed by atoms with van der Waals surface area (Å²) < 4.78 is 38.6. The number of carbonyl (C=O) groups excluding carboxylic acids is 2. The van der Waals surface area contributed by atoms with Crippen LogP contribution in [0.5, 0.6) is 0 Å². The Balaban J connectivity index is 3.34. The lowest BCUT2D eigenvalue weighted by atomic mass is 9.99. The first kappa shape index (κ1) is 17.6. The van der Waals surface area contributed by atoms with Crippen molar-refractivity contribution >= 4 is 22.3 Å². The van der Waals surface area contributed by atoms with Gasteiger partial charge in [0.15, 0.2) is 0 Å². The molecule has 1 aromatic rings. The number of rotatable bonds is 7. The number of esters is 1. The van der Waals surface area contributed by atoms with Gasteiger partial charge in [0.25, 0.3) is 0 Å². The molecule has 22 heavy (non-hydrogen) atoms. The summed E-state index contributed by atoms with van der Waals surface area (Å²) in [4.78, 5) is 23.9. The molecule has 0 heterocycles. The summed E-state index contributed by atoms with van der Waals surface area (Å²) in [6.07, 6.45) is 3.08. The zero-order valence-electron chi connectivity index (χ0n) is 11.5. The zero-order valence-corrected chi connectivity index (χ0v) is 12.3. The SMILES string of the molecule is C=CCOC(=O)c1c(CC=C)cccc1C(=O)OS(=O)(=O)O. The maximum absolute atomic E-state index is 12.1. The van der Waals surface area contributed by atoms with Crippen LogP contribution in [-0.2, 0) is 25.7 Å². The smallest absolute Gasteiger partial charge is 0.449 e. The number of benzene rings is 1. The molecule has 0 atom stereocenters. The second kappa shape index (κ2) is 7.53. The minimum atomic E-state index is -4.99. The lowest BCUT2D eigenvalue weighted by Crippen LogP contribution is -2.18. The maximum Gasteiger partial charge on any atom is 0.449 e. The second-order valence-corrected chi connectivity index (χ2v) is 5.04. The molecule has 1 rings (SSSR count). The van der Waals surface area contributed by atoms with Crippen molar-refractivity contribution in [3.05, 3.63) is 60.2 Å². The first-order chi connectivity index (χ1) is 10.3. The van der Waals surface area contributed by atoms with Crippen LogP contribution in [0.15, 0.2) is 43.5 Å². The molecular formula is C14H14O7S. The van der Waals surface area contributed by atoms with Crippen LogP contribution >= 0.6 is 0 Å². The van der Waals surface area contributed by atoms with Gasteiger partial charge in [-0.2, -0.15) is 8.42 Å². The highest BCUT2D eigenvalue weighted by Crippen LogP contribution is 2.19. The third-order valence-electron chi connectivity index (χ3n) is 2.45. The monoisotopic (exact) mass is 326 g/mol. The third-order valence-corrected chi connectivity index (χ3v) is 2.81. The highest BCUT2D eigenvalue weighted by molar-refractivity contribution is 7.81. The maximum atomic E-state index is 12.1. The third kappa shape index (κ3) is 4.83. The van der Waals surface area contributed by atoms with Gasteiger partial charge in [0, 0.05) is 0 Å². The number of allylic oxidation sites excluding steroid dienone is 1. The van der Waals surface area contributed by atoms with Crippen molar-refractivity contribution in [2.75, 3.05) is 6.61 Å². The van der Waals surface area contributed by atoms with Gasteiger partial charge in [0.2, 0.25) is 0 Å². The van der Waals surface area contributed by atoms with Crippen molar-refractivity contribution in [3.63, 3.8) is 0 Å². The van der Waals surface area contributed by atoms with Crippen molar-refractivity contribution in [3.8, 4) is 0 Å². The Bertz CT molecular complexity index is 704. The summed E-state index contributed by atoms with van der Waals surface area (Å²) in [6, 6.07) is 4.17. The van der Waals surface area contributed by atoms with E-state index in [-0.39, 0.29) is 24.2 Å². The van der Waals surface area contributed by atoms with Gasteiger partial charge in [0.05, 0.1) is 11.1 Å². The Morgan fingerprint density at radius 3 is 2.41 bits per heavy atom. The summed E-state index contributed by atoms with van der Waals surface area (Å²) in [5.74, 6) is -2.24. The number of ether oxygens (including phenoxy) is 1. The Hall–Kier alpha value is -2.45. The van der Waals surface area contributed by atoms with Crippen LogP contribution < -0.4 is 0 Å². The molecule has 0 fully saturated rings. The van der Waals surface area contributed by atoms with Crippen molar-refractivity contribution in [2.45, 2.75) is 6.42 Å². The molecule has 0 amide bonds. The van der Waals surface area contributed by atoms with Crippen LogP contribution in [-0.4, -0.2) is 31.5 Å².